The summed E-state index contributed by atoms with van der Waals surface area (Å²) < 4.78 is 5.98. The van der Waals surface area contributed by atoms with Crippen LogP contribution in [0, 0.1) is 5.92 Å². The molecule has 0 bridgehead atoms. The third-order valence-electron chi connectivity index (χ3n) is 3.80. The van der Waals surface area contributed by atoms with E-state index in [0.29, 0.717) is 0 Å². The van der Waals surface area contributed by atoms with Gasteiger partial charge in [0, 0.05) is 6.54 Å². The summed E-state index contributed by atoms with van der Waals surface area (Å²) in [4.78, 5) is 0. The largest absolute Gasteiger partial charge is 0.493 e. The second-order valence-corrected chi connectivity index (χ2v) is 4.93. The van der Waals surface area contributed by atoms with Crippen LogP contribution in [0.25, 0.3) is 0 Å². The minimum atomic E-state index is 0.817. The van der Waals surface area contributed by atoms with Gasteiger partial charge in [-0.3, -0.25) is 0 Å². The zero-order valence-corrected chi connectivity index (χ0v) is 9.67. The summed E-state index contributed by atoms with van der Waals surface area (Å²) in [6, 6.07) is 6.45. The van der Waals surface area contributed by atoms with Gasteiger partial charge in [-0.25, -0.2) is 0 Å². The van der Waals surface area contributed by atoms with E-state index in [1.54, 1.807) is 0 Å². The van der Waals surface area contributed by atoms with E-state index in [-0.39, 0.29) is 0 Å². The van der Waals surface area contributed by atoms with E-state index in [2.05, 4.69) is 23.5 Å². The summed E-state index contributed by atoms with van der Waals surface area (Å²) in [6.45, 7) is 3.00. The third-order valence-corrected chi connectivity index (χ3v) is 3.80. The Morgan fingerprint density at radius 1 is 1.31 bits per heavy atom. The zero-order valence-electron chi connectivity index (χ0n) is 9.67. The summed E-state index contributed by atoms with van der Waals surface area (Å²) in [6.07, 6.45) is 5.22. The van der Waals surface area contributed by atoms with Crippen molar-refractivity contribution < 1.29 is 4.74 Å². The van der Waals surface area contributed by atoms with Gasteiger partial charge in [-0.1, -0.05) is 18.6 Å². The van der Waals surface area contributed by atoms with E-state index in [1.165, 1.54) is 30.4 Å². The molecule has 0 spiro atoms. The van der Waals surface area contributed by atoms with Gasteiger partial charge >= 0.3 is 0 Å². The standard InChI is InChI=1S/C14H19NO/c1-3-11(4-1)10-16-14-6-2-5-12-9-15-8-7-13(12)14/h2,5-6,11,15H,1,3-4,7-10H2. The summed E-state index contributed by atoms with van der Waals surface area (Å²) in [7, 11) is 0. The Kier molecular flexibility index (Phi) is 2.83. The van der Waals surface area contributed by atoms with Gasteiger partial charge in [-0.2, -0.15) is 0 Å². The molecule has 0 amide bonds. The van der Waals surface area contributed by atoms with Crippen LogP contribution in [0.2, 0.25) is 0 Å². The zero-order chi connectivity index (χ0) is 10.8. The summed E-state index contributed by atoms with van der Waals surface area (Å²) >= 11 is 0. The Morgan fingerprint density at radius 3 is 3.06 bits per heavy atom. The molecule has 3 rings (SSSR count). The molecule has 1 aromatic carbocycles. The Labute approximate surface area is 97.0 Å². The summed E-state index contributed by atoms with van der Waals surface area (Å²) in [5.74, 6) is 1.95. The minimum absolute atomic E-state index is 0.817. The van der Waals surface area contributed by atoms with Crippen molar-refractivity contribution in [1.82, 2.24) is 5.32 Å². The predicted octanol–water partition coefficient (Wildman–Crippen LogP) is 2.51. The number of ether oxygens (including phenoxy) is 1. The van der Waals surface area contributed by atoms with E-state index in [4.69, 9.17) is 4.74 Å². The maximum Gasteiger partial charge on any atom is 0.122 e. The molecule has 1 aromatic rings. The molecule has 1 heterocycles. The van der Waals surface area contributed by atoms with Gasteiger partial charge in [0.25, 0.3) is 0 Å². The quantitative estimate of drug-likeness (QED) is 0.840. The molecule has 1 aliphatic heterocycles. The lowest BCUT2D eigenvalue weighted by atomic mass is 9.86. The molecule has 1 aliphatic carbocycles. The van der Waals surface area contributed by atoms with Crippen molar-refractivity contribution in [2.75, 3.05) is 13.2 Å². The molecule has 0 aromatic heterocycles. The van der Waals surface area contributed by atoms with E-state index >= 15 is 0 Å². The maximum absolute atomic E-state index is 5.98. The molecule has 0 radical (unpaired) electrons. The number of hydrogen-bond acceptors (Lipinski definition) is 2. The SMILES string of the molecule is c1cc2c(c(OCC3CCC3)c1)CCNC2. The lowest BCUT2D eigenvalue weighted by molar-refractivity contribution is 0.179. The first kappa shape index (κ1) is 10.2. The monoisotopic (exact) mass is 217 g/mol. The number of fused-ring (bicyclic) bond motifs is 1. The van der Waals surface area contributed by atoms with Crippen LogP contribution in [0.15, 0.2) is 18.2 Å². The average molecular weight is 217 g/mol. The number of benzene rings is 1. The third kappa shape index (κ3) is 1.94. The number of nitrogens with one attached hydrogen (secondary N) is 1. The predicted molar refractivity (Wildman–Crippen MR) is 64.7 cm³/mol. The van der Waals surface area contributed by atoms with E-state index < -0.39 is 0 Å². The van der Waals surface area contributed by atoms with Crippen molar-refractivity contribution in [2.45, 2.75) is 32.2 Å². The number of hydrogen-bond donors (Lipinski definition) is 1. The highest BCUT2D eigenvalue weighted by Gasteiger charge is 2.19. The van der Waals surface area contributed by atoms with Crippen molar-refractivity contribution in [2.24, 2.45) is 5.92 Å². The van der Waals surface area contributed by atoms with Crippen LogP contribution in [0.3, 0.4) is 0 Å². The van der Waals surface area contributed by atoms with Crippen molar-refractivity contribution in [3.8, 4) is 5.75 Å². The molecular weight excluding hydrogens is 198 g/mol. The first-order valence-corrected chi connectivity index (χ1v) is 6.38. The molecule has 1 N–H and O–H groups in total. The highest BCUT2D eigenvalue weighted by molar-refractivity contribution is 5.41. The smallest absolute Gasteiger partial charge is 0.122 e. The Bertz CT molecular complexity index is 371. The molecule has 0 unspecified atom stereocenters. The maximum atomic E-state index is 5.98. The fourth-order valence-electron chi connectivity index (χ4n) is 2.50. The highest BCUT2D eigenvalue weighted by atomic mass is 16.5. The molecule has 16 heavy (non-hydrogen) atoms. The van der Waals surface area contributed by atoms with Crippen molar-refractivity contribution >= 4 is 0 Å². The molecule has 86 valence electrons. The summed E-state index contributed by atoms with van der Waals surface area (Å²) in [5, 5.41) is 3.40. The van der Waals surface area contributed by atoms with Gasteiger partial charge in [0.1, 0.15) is 5.75 Å². The Hall–Kier alpha value is -1.02. The van der Waals surface area contributed by atoms with Gasteiger partial charge in [-0.15, -0.1) is 0 Å². The fraction of sp³-hybridized carbons (Fsp3) is 0.571. The van der Waals surface area contributed by atoms with Crippen LogP contribution in [-0.2, 0) is 13.0 Å². The Balaban J connectivity index is 1.72. The van der Waals surface area contributed by atoms with Crippen LogP contribution in [0.4, 0.5) is 0 Å². The van der Waals surface area contributed by atoms with Crippen LogP contribution >= 0.6 is 0 Å². The lowest BCUT2D eigenvalue weighted by Gasteiger charge is -2.27. The van der Waals surface area contributed by atoms with Crippen LogP contribution in [0.1, 0.15) is 30.4 Å². The van der Waals surface area contributed by atoms with Crippen molar-refractivity contribution in [1.29, 1.82) is 0 Å². The molecule has 0 atom stereocenters. The average Bonchev–Trinajstić information content (AvgIpc) is 2.27. The van der Waals surface area contributed by atoms with Gasteiger partial charge in [0.15, 0.2) is 0 Å². The first-order chi connectivity index (χ1) is 7.93. The second kappa shape index (κ2) is 4.46. The van der Waals surface area contributed by atoms with Gasteiger partial charge in [0.05, 0.1) is 6.61 Å². The molecule has 1 saturated carbocycles. The first-order valence-electron chi connectivity index (χ1n) is 6.38. The van der Waals surface area contributed by atoms with Crippen molar-refractivity contribution in [3.05, 3.63) is 29.3 Å². The molecule has 2 aliphatic rings. The molecule has 1 fully saturated rings. The van der Waals surface area contributed by atoms with Crippen LogP contribution < -0.4 is 10.1 Å². The van der Waals surface area contributed by atoms with E-state index in [0.717, 1.165) is 37.8 Å². The van der Waals surface area contributed by atoms with E-state index in [1.807, 2.05) is 0 Å². The second-order valence-electron chi connectivity index (χ2n) is 4.93. The van der Waals surface area contributed by atoms with Crippen LogP contribution in [-0.4, -0.2) is 13.2 Å². The van der Waals surface area contributed by atoms with Crippen LogP contribution in [0.5, 0.6) is 5.75 Å². The highest BCUT2D eigenvalue weighted by Crippen LogP contribution is 2.29. The molecule has 2 nitrogen and oxygen atoms in total. The van der Waals surface area contributed by atoms with Crippen molar-refractivity contribution in [3.63, 3.8) is 0 Å². The molecule has 2 heteroatoms. The minimum Gasteiger partial charge on any atom is -0.493 e. The number of rotatable bonds is 3. The molecule has 0 saturated heterocycles. The topological polar surface area (TPSA) is 21.3 Å². The van der Waals surface area contributed by atoms with Gasteiger partial charge < -0.3 is 10.1 Å². The molecular formula is C14H19NO. The normalized spacial score (nSPS) is 20.0. The van der Waals surface area contributed by atoms with E-state index in [9.17, 15) is 0 Å². The summed E-state index contributed by atoms with van der Waals surface area (Å²) in [5.41, 5.74) is 2.85. The fourth-order valence-corrected chi connectivity index (χ4v) is 2.50. The van der Waals surface area contributed by atoms with Gasteiger partial charge in [-0.05, 0) is 48.9 Å². The van der Waals surface area contributed by atoms with Gasteiger partial charge in [0.2, 0.25) is 0 Å². The Morgan fingerprint density at radius 2 is 2.25 bits per heavy atom. The lowest BCUT2D eigenvalue weighted by Crippen LogP contribution is -2.25.